The summed E-state index contributed by atoms with van der Waals surface area (Å²) in [5.41, 5.74) is 1.37. The maximum absolute atomic E-state index is 11.1. The lowest BCUT2D eigenvalue weighted by Gasteiger charge is -2.13. The fourth-order valence-electron chi connectivity index (χ4n) is 1.97. The zero-order valence-corrected chi connectivity index (χ0v) is 12.1. The van der Waals surface area contributed by atoms with Crippen LogP contribution in [-0.2, 0) is 4.79 Å². The third-order valence-corrected chi connectivity index (χ3v) is 2.89. The molecule has 0 aromatic heterocycles. The van der Waals surface area contributed by atoms with Gasteiger partial charge in [0.1, 0.15) is 11.4 Å². The molecule has 0 fully saturated rings. The minimum atomic E-state index is -0.466. The zero-order valence-electron chi connectivity index (χ0n) is 12.1. The molecule has 0 aliphatic carbocycles. The maximum atomic E-state index is 11.1. The van der Waals surface area contributed by atoms with Crippen molar-refractivity contribution in [2.45, 2.75) is 6.92 Å². The number of anilines is 3. The smallest absolute Gasteiger partial charge is 0.292 e. The molecule has 2 aromatic rings. The highest BCUT2D eigenvalue weighted by atomic mass is 16.6. The Morgan fingerprint density at radius 2 is 1.91 bits per heavy atom. The summed E-state index contributed by atoms with van der Waals surface area (Å²) in [5.74, 6) is 0.300. The molecule has 0 aliphatic heterocycles. The van der Waals surface area contributed by atoms with Gasteiger partial charge in [0, 0.05) is 18.7 Å². The van der Waals surface area contributed by atoms with Crippen LogP contribution in [0.5, 0.6) is 5.75 Å². The summed E-state index contributed by atoms with van der Waals surface area (Å²) in [6.07, 6.45) is 0. The first kappa shape index (κ1) is 15.3. The van der Waals surface area contributed by atoms with Gasteiger partial charge in [-0.1, -0.05) is 12.1 Å². The molecular weight excluding hydrogens is 286 g/mol. The van der Waals surface area contributed by atoms with Gasteiger partial charge < -0.3 is 15.4 Å². The van der Waals surface area contributed by atoms with Crippen LogP contribution in [0.15, 0.2) is 42.5 Å². The Morgan fingerprint density at radius 3 is 2.55 bits per heavy atom. The van der Waals surface area contributed by atoms with E-state index >= 15 is 0 Å². The van der Waals surface area contributed by atoms with E-state index < -0.39 is 4.92 Å². The summed E-state index contributed by atoms with van der Waals surface area (Å²) in [4.78, 5) is 21.7. The highest BCUT2D eigenvalue weighted by Crippen LogP contribution is 2.33. The second-order valence-corrected chi connectivity index (χ2v) is 4.50. The normalized spacial score (nSPS) is 9.91. The first-order chi connectivity index (χ1) is 10.5. The van der Waals surface area contributed by atoms with Gasteiger partial charge in [0.15, 0.2) is 0 Å². The fourth-order valence-corrected chi connectivity index (χ4v) is 1.97. The molecule has 7 nitrogen and oxygen atoms in total. The Morgan fingerprint density at radius 1 is 1.18 bits per heavy atom. The monoisotopic (exact) mass is 301 g/mol. The number of hydrogen-bond acceptors (Lipinski definition) is 5. The van der Waals surface area contributed by atoms with E-state index in [0.717, 1.165) is 0 Å². The molecule has 2 aromatic carbocycles. The van der Waals surface area contributed by atoms with Gasteiger partial charge in [-0.25, -0.2) is 0 Å². The van der Waals surface area contributed by atoms with Crippen LogP contribution in [-0.4, -0.2) is 17.9 Å². The summed E-state index contributed by atoms with van der Waals surface area (Å²) in [7, 11) is 1.50. The topological polar surface area (TPSA) is 93.5 Å². The number of carbonyl (C=O) groups excluding carboxylic acids is 1. The van der Waals surface area contributed by atoms with E-state index in [-0.39, 0.29) is 11.6 Å². The number of rotatable bonds is 5. The number of para-hydroxylation sites is 2. The molecule has 0 unspecified atom stereocenters. The predicted octanol–water partition coefficient (Wildman–Crippen LogP) is 3.31. The molecule has 0 saturated heterocycles. The summed E-state index contributed by atoms with van der Waals surface area (Å²) in [6.45, 7) is 1.40. The Bertz CT molecular complexity index is 716. The average molecular weight is 301 g/mol. The van der Waals surface area contributed by atoms with E-state index in [1.165, 1.54) is 20.1 Å². The molecule has 1 amide bonds. The summed E-state index contributed by atoms with van der Waals surface area (Å²) >= 11 is 0. The minimum absolute atomic E-state index is 0.0468. The third kappa shape index (κ3) is 3.51. The molecule has 0 saturated carbocycles. The number of ether oxygens (including phenoxy) is 1. The van der Waals surface area contributed by atoms with Crippen molar-refractivity contribution < 1.29 is 14.5 Å². The molecule has 2 rings (SSSR count). The third-order valence-electron chi connectivity index (χ3n) is 2.89. The number of nitrogens with zero attached hydrogens (tertiary/aromatic N) is 1. The number of amides is 1. The number of nitro groups is 1. The van der Waals surface area contributed by atoms with Crippen LogP contribution in [0.4, 0.5) is 22.7 Å². The molecule has 0 radical (unpaired) electrons. The molecular formula is C15H15N3O4. The first-order valence-electron chi connectivity index (χ1n) is 6.47. The first-order valence-corrected chi connectivity index (χ1v) is 6.47. The van der Waals surface area contributed by atoms with Gasteiger partial charge in [-0.3, -0.25) is 14.9 Å². The Hall–Kier alpha value is -3.09. The molecule has 7 heteroatoms. The SMILES string of the molecule is COc1ccc(NC(C)=O)cc1Nc1ccccc1[N+](=O)[O-]. The number of hydrogen-bond donors (Lipinski definition) is 2. The standard InChI is InChI=1S/C15H15N3O4/c1-10(19)16-11-7-8-15(22-2)13(9-11)17-12-5-3-4-6-14(12)18(20)21/h3-9,17H,1-2H3,(H,16,19). The summed E-state index contributed by atoms with van der Waals surface area (Å²) < 4.78 is 5.23. The van der Waals surface area contributed by atoms with Crippen molar-refractivity contribution in [3.8, 4) is 5.75 Å². The van der Waals surface area contributed by atoms with Crippen LogP contribution >= 0.6 is 0 Å². The van der Waals surface area contributed by atoms with Crippen LogP contribution in [0.3, 0.4) is 0 Å². The van der Waals surface area contributed by atoms with E-state index in [1.54, 1.807) is 36.4 Å². The average Bonchev–Trinajstić information content (AvgIpc) is 2.47. The molecule has 22 heavy (non-hydrogen) atoms. The van der Waals surface area contributed by atoms with Crippen LogP contribution < -0.4 is 15.4 Å². The summed E-state index contributed by atoms with van der Waals surface area (Å²) in [5, 5.41) is 16.7. The van der Waals surface area contributed by atoms with Crippen molar-refractivity contribution in [2.75, 3.05) is 17.7 Å². The lowest BCUT2D eigenvalue weighted by atomic mass is 10.2. The minimum Gasteiger partial charge on any atom is -0.495 e. The van der Waals surface area contributed by atoms with Crippen LogP contribution in [0.1, 0.15) is 6.92 Å². The predicted molar refractivity (Wildman–Crippen MR) is 83.7 cm³/mol. The molecule has 0 heterocycles. The van der Waals surface area contributed by atoms with E-state index in [9.17, 15) is 14.9 Å². The lowest BCUT2D eigenvalue weighted by molar-refractivity contribution is -0.383. The molecule has 0 atom stereocenters. The van der Waals surface area contributed by atoms with Crippen LogP contribution in [0.2, 0.25) is 0 Å². The van der Waals surface area contributed by atoms with Crippen molar-refractivity contribution in [2.24, 2.45) is 0 Å². The Labute approximate surface area is 127 Å². The van der Waals surface area contributed by atoms with Gasteiger partial charge in [0.05, 0.1) is 17.7 Å². The van der Waals surface area contributed by atoms with E-state index in [0.29, 0.717) is 22.8 Å². The van der Waals surface area contributed by atoms with Crippen molar-refractivity contribution in [1.82, 2.24) is 0 Å². The second-order valence-electron chi connectivity index (χ2n) is 4.50. The summed E-state index contributed by atoms with van der Waals surface area (Å²) in [6, 6.07) is 11.3. The van der Waals surface area contributed by atoms with E-state index in [1.807, 2.05) is 0 Å². The molecule has 0 spiro atoms. The van der Waals surface area contributed by atoms with Crippen LogP contribution in [0.25, 0.3) is 0 Å². The van der Waals surface area contributed by atoms with Gasteiger partial charge >= 0.3 is 0 Å². The zero-order chi connectivity index (χ0) is 16.1. The number of carbonyl (C=O) groups is 1. The van der Waals surface area contributed by atoms with E-state index in [4.69, 9.17) is 4.74 Å². The van der Waals surface area contributed by atoms with Gasteiger partial charge in [-0.15, -0.1) is 0 Å². The molecule has 114 valence electrons. The molecule has 2 N–H and O–H groups in total. The van der Waals surface area contributed by atoms with Crippen molar-refractivity contribution in [3.05, 3.63) is 52.6 Å². The quantitative estimate of drug-likeness (QED) is 0.652. The Kier molecular flexibility index (Phi) is 4.57. The second kappa shape index (κ2) is 6.57. The van der Waals surface area contributed by atoms with E-state index in [2.05, 4.69) is 10.6 Å². The maximum Gasteiger partial charge on any atom is 0.292 e. The highest BCUT2D eigenvalue weighted by Gasteiger charge is 2.14. The molecule has 0 aliphatic rings. The van der Waals surface area contributed by atoms with Gasteiger partial charge in [-0.2, -0.15) is 0 Å². The largest absolute Gasteiger partial charge is 0.495 e. The molecule has 0 bridgehead atoms. The van der Waals surface area contributed by atoms with Crippen molar-refractivity contribution in [1.29, 1.82) is 0 Å². The Balaban J connectivity index is 2.39. The lowest BCUT2D eigenvalue weighted by Crippen LogP contribution is -2.06. The van der Waals surface area contributed by atoms with Gasteiger partial charge in [0.2, 0.25) is 5.91 Å². The van der Waals surface area contributed by atoms with Crippen LogP contribution in [0, 0.1) is 10.1 Å². The number of nitro benzene ring substituents is 1. The van der Waals surface area contributed by atoms with Crippen molar-refractivity contribution >= 4 is 28.7 Å². The highest BCUT2D eigenvalue weighted by molar-refractivity contribution is 5.90. The van der Waals surface area contributed by atoms with Gasteiger partial charge in [-0.05, 0) is 24.3 Å². The fraction of sp³-hybridized carbons (Fsp3) is 0.133. The number of nitrogens with one attached hydrogen (secondary N) is 2. The van der Waals surface area contributed by atoms with Crippen molar-refractivity contribution in [3.63, 3.8) is 0 Å². The van der Waals surface area contributed by atoms with Gasteiger partial charge in [0.25, 0.3) is 5.69 Å². The number of methoxy groups -OCH3 is 1. The number of benzene rings is 2.